The topological polar surface area (TPSA) is 51.4 Å². The van der Waals surface area contributed by atoms with Crippen molar-refractivity contribution in [3.8, 4) is 11.5 Å². The Hall–Kier alpha value is -2.44. The van der Waals surface area contributed by atoms with E-state index in [1.54, 1.807) is 29.7 Å². The first-order valence-electron chi connectivity index (χ1n) is 8.95. The maximum Gasteiger partial charge on any atom is 0.167 e. The Morgan fingerprint density at radius 3 is 2.67 bits per heavy atom. The molecule has 0 bridgehead atoms. The Morgan fingerprint density at radius 2 is 1.96 bits per heavy atom. The highest BCUT2D eigenvalue weighted by Crippen LogP contribution is 2.36. The van der Waals surface area contributed by atoms with Crippen LogP contribution in [0.5, 0.6) is 11.5 Å². The molecule has 3 aromatic rings. The molecule has 0 aliphatic carbocycles. The predicted octanol–water partition coefficient (Wildman–Crippen LogP) is 5.80. The van der Waals surface area contributed by atoms with Gasteiger partial charge in [0.25, 0.3) is 0 Å². The molecule has 0 amide bonds. The number of halogens is 1. The summed E-state index contributed by atoms with van der Waals surface area (Å²) < 4.78 is 20.6. The Labute approximate surface area is 164 Å². The van der Waals surface area contributed by atoms with E-state index in [4.69, 9.17) is 10.5 Å². The summed E-state index contributed by atoms with van der Waals surface area (Å²) in [6.45, 7) is 5.00. The first-order chi connectivity index (χ1) is 13.0. The van der Waals surface area contributed by atoms with Crippen LogP contribution in [-0.2, 0) is 0 Å². The highest BCUT2D eigenvalue weighted by atomic mass is 32.1. The van der Waals surface area contributed by atoms with Gasteiger partial charge in [-0.2, -0.15) is 0 Å². The molecule has 0 saturated carbocycles. The lowest BCUT2D eigenvalue weighted by Gasteiger charge is -2.07. The molecule has 0 radical (unpaired) electrons. The van der Waals surface area contributed by atoms with E-state index in [1.165, 1.54) is 12.1 Å². The summed E-state index contributed by atoms with van der Waals surface area (Å²) in [5.74, 6) is 0.259. The lowest BCUT2D eigenvalue weighted by molar-refractivity contribution is 0.417. The molecule has 2 N–H and O–H groups in total. The molecule has 144 valence electrons. The average Bonchev–Trinajstić information content (AvgIpc) is 3.06. The Bertz CT molecular complexity index is 906. The third kappa shape index (κ3) is 5.77. The molecule has 0 spiro atoms. The summed E-state index contributed by atoms with van der Waals surface area (Å²) in [5, 5.41) is 0. The lowest BCUT2D eigenvalue weighted by Crippen LogP contribution is -2.11. The maximum absolute atomic E-state index is 14.0. The van der Waals surface area contributed by atoms with Crippen molar-refractivity contribution in [3.63, 3.8) is 0 Å². The number of anilines is 1. The predicted molar refractivity (Wildman–Crippen MR) is 114 cm³/mol. The van der Waals surface area contributed by atoms with Crippen LogP contribution >= 0.6 is 11.3 Å². The fourth-order valence-corrected chi connectivity index (χ4v) is 3.34. The Balaban J connectivity index is 0.00000126. The van der Waals surface area contributed by atoms with Crippen LogP contribution in [0.2, 0.25) is 0 Å². The van der Waals surface area contributed by atoms with Crippen molar-refractivity contribution in [2.45, 2.75) is 20.3 Å². The Kier molecular flexibility index (Phi) is 7.76. The molecule has 0 unspecified atom stereocenters. The van der Waals surface area contributed by atoms with E-state index in [9.17, 15) is 4.39 Å². The fraction of sp³-hybridized carbons (Fsp3) is 0.286. The van der Waals surface area contributed by atoms with Gasteiger partial charge in [-0.1, -0.05) is 19.9 Å². The number of thiophene rings is 1. The number of fused-ring (bicyclic) bond motifs is 1. The molecular formula is C21H26FN3OS. The smallest absolute Gasteiger partial charge is 0.167 e. The summed E-state index contributed by atoms with van der Waals surface area (Å²) in [6.07, 6.45) is 6.88. The molecule has 0 atom stereocenters. The zero-order chi connectivity index (χ0) is 19.8. The zero-order valence-corrected chi connectivity index (χ0v) is 17.0. The second-order valence-electron chi connectivity index (χ2n) is 5.96. The third-order valence-electron chi connectivity index (χ3n) is 3.60. The van der Waals surface area contributed by atoms with E-state index in [2.05, 4.69) is 36.1 Å². The van der Waals surface area contributed by atoms with Gasteiger partial charge >= 0.3 is 0 Å². The van der Waals surface area contributed by atoms with E-state index in [-0.39, 0.29) is 5.75 Å². The van der Waals surface area contributed by atoms with Crippen LogP contribution in [0.25, 0.3) is 16.3 Å². The van der Waals surface area contributed by atoms with Crippen molar-refractivity contribution in [2.24, 2.45) is 0 Å². The summed E-state index contributed by atoms with van der Waals surface area (Å²) in [4.78, 5) is 7.61. The van der Waals surface area contributed by atoms with Crippen LogP contribution in [0.1, 0.15) is 25.1 Å². The molecule has 6 heteroatoms. The SMILES string of the molecule is CC.CN(C)CC/C=C\c1cc2nccc(Oc3ccc(N)cc3F)c2s1. The van der Waals surface area contributed by atoms with Gasteiger partial charge in [0.15, 0.2) is 11.6 Å². The summed E-state index contributed by atoms with van der Waals surface area (Å²) >= 11 is 1.58. The summed E-state index contributed by atoms with van der Waals surface area (Å²) in [7, 11) is 4.11. The summed E-state index contributed by atoms with van der Waals surface area (Å²) in [6, 6.07) is 8.16. The van der Waals surface area contributed by atoms with Crippen molar-refractivity contribution >= 4 is 33.3 Å². The maximum atomic E-state index is 14.0. The fourth-order valence-electron chi connectivity index (χ4n) is 2.35. The minimum atomic E-state index is -0.481. The van der Waals surface area contributed by atoms with Crippen LogP contribution in [0.3, 0.4) is 0 Å². The minimum Gasteiger partial charge on any atom is -0.453 e. The van der Waals surface area contributed by atoms with E-state index in [1.807, 2.05) is 19.9 Å². The van der Waals surface area contributed by atoms with Crippen molar-refractivity contribution in [3.05, 3.63) is 53.3 Å². The largest absolute Gasteiger partial charge is 0.453 e. The van der Waals surface area contributed by atoms with Crippen molar-refractivity contribution in [1.82, 2.24) is 9.88 Å². The monoisotopic (exact) mass is 387 g/mol. The number of pyridine rings is 1. The highest BCUT2D eigenvalue weighted by molar-refractivity contribution is 7.20. The number of nitrogen functional groups attached to an aromatic ring is 1. The van der Waals surface area contributed by atoms with Gasteiger partial charge in [-0.3, -0.25) is 4.98 Å². The number of ether oxygens (including phenoxy) is 1. The number of hydrogen-bond donors (Lipinski definition) is 1. The molecule has 0 aliphatic rings. The van der Waals surface area contributed by atoms with Gasteiger partial charge in [0, 0.05) is 35.4 Å². The van der Waals surface area contributed by atoms with Crippen molar-refractivity contribution in [1.29, 1.82) is 0 Å². The molecule has 4 nitrogen and oxygen atoms in total. The van der Waals surface area contributed by atoms with E-state index in [0.29, 0.717) is 11.4 Å². The van der Waals surface area contributed by atoms with E-state index in [0.717, 1.165) is 28.1 Å². The second kappa shape index (κ2) is 10.0. The van der Waals surface area contributed by atoms with E-state index < -0.39 is 5.82 Å². The van der Waals surface area contributed by atoms with Gasteiger partial charge in [-0.05, 0) is 44.8 Å². The first-order valence-corrected chi connectivity index (χ1v) is 9.77. The van der Waals surface area contributed by atoms with Crippen LogP contribution in [0.4, 0.5) is 10.1 Å². The molecule has 3 rings (SSSR count). The van der Waals surface area contributed by atoms with Gasteiger partial charge in [0.1, 0.15) is 5.75 Å². The number of rotatable bonds is 6. The molecule has 2 aromatic heterocycles. The van der Waals surface area contributed by atoms with Crippen LogP contribution < -0.4 is 10.5 Å². The van der Waals surface area contributed by atoms with Crippen molar-refractivity contribution < 1.29 is 9.13 Å². The normalized spacial score (nSPS) is 11.0. The second-order valence-corrected chi connectivity index (χ2v) is 7.04. The minimum absolute atomic E-state index is 0.151. The zero-order valence-electron chi connectivity index (χ0n) is 16.2. The van der Waals surface area contributed by atoms with Gasteiger partial charge in [0.05, 0.1) is 10.2 Å². The van der Waals surface area contributed by atoms with Crippen LogP contribution in [0.15, 0.2) is 42.6 Å². The van der Waals surface area contributed by atoms with Gasteiger partial charge in [-0.25, -0.2) is 4.39 Å². The summed E-state index contributed by atoms with van der Waals surface area (Å²) in [5.41, 5.74) is 6.78. The van der Waals surface area contributed by atoms with E-state index >= 15 is 0 Å². The molecular weight excluding hydrogens is 361 g/mol. The number of nitrogens with zero attached hydrogens (tertiary/aromatic N) is 2. The third-order valence-corrected chi connectivity index (χ3v) is 4.70. The first kappa shape index (κ1) is 20.9. The molecule has 0 saturated heterocycles. The van der Waals surface area contributed by atoms with Gasteiger partial charge in [0.2, 0.25) is 0 Å². The van der Waals surface area contributed by atoms with Gasteiger partial charge < -0.3 is 15.4 Å². The quantitative estimate of drug-likeness (QED) is 0.543. The number of hydrogen-bond acceptors (Lipinski definition) is 5. The number of aromatic nitrogens is 1. The van der Waals surface area contributed by atoms with Crippen molar-refractivity contribution in [2.75, 3.05) is 26.4 Å². The highest BCUT2D eigenvalue weighted by Gasteiger charge is 2.11. The van der Waals surface area contributed by atoms with Gasteiger partial charge in [-0.15, -0.1) is 11.3 Å². The number of nitrogens with two attached hydrogens (primary N) is 1. The van der Waals surface area contributed by atoms with Crippen LogP contribution in [-0.4, -0.2) is 30.5 Å². The number of benzene rings is 1. The average molecular weight is 388 g/mol. The molecule has 0 fully saturated rings. The standard InChI is InChI=1S/C19H20FN3OS.C2H6/c1-23(2)10-4-3-5-14-12-16-19(25-14)18(8-9-22-16)24-17-7-6-13(21)11-15(17)20;1-2/h3,5-9,11-12H,4,10,21H2,1-2H3;1-2H3/b5-3-;. The Morgan fingerprint density at radius 1 is 1.19 bits per heavy atom. The molecule has 0 aliphatic heterocycles. The lowest BCUT2D eigenvalue weighted by atomic mass is 10.3. The molecule has 27 heavy (non-hydrogen) atoms. The molecule has 1 aromatic carbocycles. The molecule has 2 heterocycles. The van der Waals surface area contributed by atoms with Crippen LogP contribution in [0, 0.1) is 5.82 Å².